The lowest BCUT2D eigenvalue weighted by atomic mass is 9.96. The van der Waals surface area contributed by atoms with Gasteiger partial charge in [0.05, 0.1) is 17.5 Å². The van der Waals surface area contributed by atoms with Crippen molar-refractivity contribution in [2.75, 3.05) is 18.0 Å². The van der Waals surface area contributed by atoms with E-state index in [1.54, 1.807) is 6.20 Å². The Morgan fingerprint density at radius 3 is 2.88 bits per heavy atom. The van der Waals surface area contributed by atoms with Gasteiger partial charge >= 0.3 is 0 Å². The highest BCUT2D eigenvalue weighted by atomic mass is 19.1. The maximum atomic E-state index is 15.8. The van der Waals surface area contributed by atoms with E-state index in [9.17, 15) is 4.79 Å². The number of carbonyl (C=O) groups excluding carboxylic acids is 1. The molecule has 4 aromatic rings. The molecule has 2 atom stereocenters. The minimum atomic E-state index is -0.448. The van der Waals surface area contributed by atoms with Crippen LogP contribution in [0.15, 0.2) is 61.6 Å². The lowest BCUT2D eigenvalue weighted by Crippen LogP contribution is -2.63. The van der Waals surface area contributed by atoms with Gasteiger partial charge in [-0.2, -0.15) is 0 Å². The van der Waals surface area contributed by atoms with Gasteiger partial charge in [0.1, 0.15) is 23.4 Å². The molecule has 0 aliphatic carbocycles. The van der Waals surface area contributed by atoms with Gasteiger partial charge in [-0.25, -0.2) is 14.4 Å². The van der Waals surface area contributed by atoms with E-state index in [0.29, 0.717) is 24.3 Å². The normalized spacial score (nSPS) is 19.6. The van der Waals surface area contributed by atoms with Gasteiger partial charge < -0.3 is 9.80 Å². The quantitative estimate of drug-likeness (QED) is 0.446. The van der Waals surface area contributed by atoms with Gasteiger partial charge in [-0.1, -0.05) is 48.5 Å². The molecule has 164 valence electrons. The number of halogens is 1. The van der Waals surface area contributed by atoms with Crippen molar-refractivity contribution in [3.63, 3.8) is 0 Å². The molecule has 2 aromatic heterocycles. The van der Waals surface area contributed by atoms with Crippen LogP contribution < -0.4 is 4.90 Å². The summed E-state index contributed by atoms with van der Waals surface area (Å²) in [6, 6.07) is 12.2. The van der Waals surface area contributed by atoms with Crippen LogP contribution in [0, 0.1) is 12.7 Å². The Hall–Kier alpha value is -3.87. The highest BCUT2D eigenvalue weighted by molar-refractivity contribution is 5.99. The summed E-state index contributed by atoms with van der Waals surface area (Å²) in [6.07, 6.45) is 5.29. The van der Waals surface area contributed by atoms with Crippen molar-refractivity contribution in [2.45, 2.75) is 25.4 Å². The number of pyridine rings is 1. The molecule has 0 radical (unpaired) electrons. The van der Waals surface area contributed by atoms with E-state index in [1.165, 1.54) is 12.4 Å². The summed E-state index contributed by atoms with van der Waals surface area (Å²) in [5.74, 6) is 0.175. The number of rotatable bonds is 3. The van der Waals surface area contributed by atoms with Crippen LogP contribution >= 0.6 is 0 Å². The number of amides is 1. The number of benzene rings is 2. The molecule has 0 N–H and O–H groups in total. The zero-order valence-corrected chi connectivity index (χ0v) is 18.2. The molecule has 4 heterocycles. The summed E-state index contributed by atoms with van der Waals surface area (Å²) in [5.41, 5.74) is 2.43. The van der Waals surface area contributed by atoms with Gasteiger partial charge in [0, 0.05) is 24.8 Å². The Morgan fingerprint density at radius 2 is 2.03 bits per heavy atom. The minimum absolute atomic E-state index is 0.0441. The van der Waals surface area contributed by atoms with Crippen molar-refractivity contribution in [3.8, 4) is 11.3 Å². The summed E-state index contributed by atoms with van der Waals surface area (Å²) < 4.78 is 15.8. The van der Waals surface area contributed by atoms with Crippen LogP contribution in [0.1, 0.15) is 12.0 Å². The zero-order chi connectivity index (χ0) is 22.7. The van der Waals surface area contributed by atoms with Gasteiger partial charge in [-0.05, 0) is 30.2 Å². The van der Waals surface area contributed by atoms with Crippen LogP contribution in [0.4, 0.5) is 10.2 Å². The molecule has 0 spiro atoms. The number of anilines is 1. The van der Waals surface area contributed by atoms with E-state index in [4.69, 9.17) is 0 Å². The third-order valence-corrected chi connectivity index (χ3v) is 6.92. The molecule has 2 aliphatic rings. The van der Waals surface area contributed by atoms with E-state index in [1.807, 2.05) is 42.2 Å². The molecule has 6 nitrogen and oxygen atoms in total. The largest absolute Gasteiger partial charge is 0.349 e. The summed E-state index contributed by atoms with van der Waals surface area (Å²) in [5, 5.41) is 2.58. The number of carbonyl (C=O) groups is 1. The predicted molar refractivity (Wildman–Crippen MR) is 126 cm³/mol. The molecule has 6 rings (SSSR count). The van der Waals surface area contributed by atoms with Gasteiger partial charge in [0.25, 0.3) is 0 Å². The molecule has 2 aliphatic heterocycles. The van der Waals surface area contributed by atoms with E-state index in [2.05, 4.69) is 32.5 Å². The molecule has 7 heteroatoms. The fraction of sp³-hybridized carbons (Fsp3) is 0.231. The second-order valence-electron chi connectivity index (χ2n) is 8.72. The molecule has 2 saturated heterocycles. The van der Waals surface area contributed by atoms with Crippen LogP contribution in [0.3, 0.4) is 0 Å². The molecule has 0 saturated carbocycles. The topological polar surface area (TPSA) is 62.2 Å². The first-order valence-corrected chi connectivity index (χ1v) is 11.1. The number of likely N-dealkylation sites (tertiary alicyclic amines) is 1. The number of nitrogens with zero attached hydrogens (tertiary/aromatic N) is 5. The maximum absolute atomic E-state index is 15.8. The third kappa shape index (κ3) is 2.92. The van der Waals surface area contributed by atoms with Crippen LogP contribution in [0.2, 0.25) is 0 Å². The monoisotopic (exact) mass is 439 g/mol. The fourth-order valence-corrected chi connectivity index (χ4v) is 5.26. The first-order chi connectivity index (χ1) is 16.1. The fourth-order valence-electron chi connectivity index (χ4n) is 5.26. The number of aryl methyl sites for hydroxylation is 1. The Bertz CT molecular complexity index is 1450. The van der Waals surface area contributed by atoms with E-state index in [0.717, 1.165) is 28.3 Å². The molecular weight excluding hydrogens is 417 g/mol. The molecule has 33 heavy (non-hydrogen) atoms. The van der Waals surface area contributed by atoms with Crippen LogP contribution in [-0.4, -0.2) is 50.9 Å². The highest BCUT2D eigenvalue weighted by Gasteiger charge is 2.49. The zero-order valence-electron chi connectivity index (χ0n) is 18.2. The average Bonchev–Trinajstić information content (AvgIpc) is 3.14. The summed E-state index contributed by atoms with van der Waals surface area (Å²) in [7, 11) is 0. The predicted octanol–water partition coefficient (Wildman–Crippen LogP) is 4.27. The Morgan fingerprint density at radius 1 is 1.15 bits per heavy atom. The first kappa shape index (κ1) is 19.8. The average molecular weight is 439 g/mol. The highest BCUT2D eigenvalue weighted by Crippen LogP contribution is 2.39. The van der Waals surface area contributed by atoms with Crippen LogP contribution in [0.5, 0.6) is 0 Å². The molecule has 1 amide bonds. The Balaban J connectivity index is 1.41. The summed E-state index contributed by atoms with van der Waals surface area (Å²) in [6.45, 7) is 6.98. The lowest BCUT2D eigenvalue weighted by molar-refractivity contribution is -0.127. The number of aromatic nitrogens is 3. The van der Waals surface area contributed by atoms with Crippen molar-refractivity contribution in [1.29, 1.82) is 0 Å². The maximum Gasteiger partial charge on any atom is 0.246 e. The van der Waals surface area contributed by atoms with E-state index < -0.39 is 5.82 Å². The van der Waals surface area contributed by atoms with Crippen molar-refractivity contribution in [1.82, 2.24) is 19.9 Å². The van der Waals surface area contributed by atoms with E-state index in [-0.39, 0.29) is 29.2 Å². The molecule has 0 unspecified atom stereocenters. The van der Waals surface area contributed by atoms with Crippen molar-refractivity contribution >= 4 is 33.4 Å². The first-order valence-electron chi connectivity index (χ1n) is 11.1. The molecule has 2 fully saturated rings. The third-order valence-electron chi connectivity index (χ3n) is 6.92. The van der Waals surface area contributed by atoms with Crippen molar-refractivity contribution in [2.24, 2.45) is 0 Å². The van der Waals surface area contributed by atoms with Crippen LogP contribution in [0.25, 0.3) is 32.9 Å². The van der Waals surface area contributed by atoms with Gasteiger partial charge in [0.2, 0.25) is 5.91 Å². The SMILES string of the molecule is C=CC(=O)N1CC[C@@H]2[C@H]1CN2c1ncnc2c(F)c(-c3cccc4cc(C)ccc34)ncc12. The second kappa shape index (κ2) is 7.33. The number of hydrogen-bond acceptors (Lipinski definition) is 5. The number of fused-ring (bicyclic) bond motifs is 3. The molecule has 2 aromatic carbocycles. The molecule has 0 bridgehead atoms. The van der Waals surface area contributed by atoms with Crippen LogP contribution in [-0.2, 0) is 4.79 Å². The lowest BCUT2D eigenvalue weighted by Gasteiger charge is -2.47. The summed E-state index contributed by atoms with van der Waals surface area (Å²) >= 11 is 0. The van der Waals surface area contributed by atoms with Gasteiger partial charge in [-0.15, -0.1) is 0 Å². The Labute approximate surface area is 190 Å². The number of hydrogen-bond donors (Lipinski definition) is 0. The standard InChI is InChI=1S/C26H22FN5O/c1-3-22(33)31-10-9-20-21(31)13-32(20)26-19-12-28-24(23(27)25(19)29-14-30-26)18-6-4-5-16-11-15(2)7-8-17(16)18/h3-8,11-12,14,20-21H,1,9-10,13H2,2H3/t20-,21-/m1/s1. The van der Waals surface area contributed by atoms with Gasteiger partial charge in [0.15, 0.2) is 5.82 Å². The smallest absolute Gasteiger partial charge is 0.246 e. The minimum Gasteiger partial charge on any atom is -0.349 e. The molecular formula is C26H22FN5O. The van der Waals surface area contributed by atoms with Crippen molar-refractivity contribution < 1.29 is 9.18 Å². The van der Waals surface area contributed by atoms with E-state index >= 15 is 4.39 Å². The summed E-state index contributed by atoms with van der Waals surface area (Å²) in [4.78, 5) is 29.4. The van der Waals surface area contributed by atoms with Gasteiger partial charge in [-0.3, -0.25) is 9.78 Å². The second-order valence-corrected chi connectivity index (χ2v) is 8.72. The van der Waals surface area contributed by atoms with Crippen molar-refractivity contribution in [3.05, 3.63) is 73.0 Å². The Kier molecular flexibility index (Phi) is 4.40.